The van der Waals surface area contributed by atoms with Crippen LogP contribution in [0.1, 0.15) is 39.0 Å². The van der Waals surface area contributed by atoms with E-state index in [-0.39, 0.29) is 18.2 Å². The lowest BCUT2D eigenvalue weighted by molar-refractivity contribution is -0.147. The number of amides is 3. The fourth-order valence-corrected chi connectivity index (χ4v) is 3.76. The molecule has 3 rings (SSSR count). The lowest BCUT2D eigenvalue weighted by Crippen LogP contribution is -2.46. The highest BCUT2D eigenvalue weighted by Gasteiger charge is 2.54. The Morgan fingerprint density at radius 3 is 2.58 bits per heavy atom. The molecule has 1 saturated heterocycles. The summed E-state index contributed by atoms with van der Waals surface area (Å²) in [5.74, 6) is -0.294. The number of likely N-dealkylation sites (tertiary alicyclic amines) is 1. The molecule has 128 valence electrons. The van der Waals surface area contributed by atoms with Crippen molar-refractivity contribution in [3.63, 3.8) is 0 Å². The monoisotopic (exact) mass is 330 g/mol. The minimum atomic E-state index is -0.838. The molecule has 6 heteroatoms. The number of anilines is 1. The van der Waals surface area contributed by atoms with E-state index in [1.165, 1.54) is 7.11 Å². The molecule has 0 radical (unpaired) electrons. The Balaban J connectivity index is 1.76. The lowest BCUT2D eigenvalue weighted by Gasteiger charge is -2.25. The zero-order valence-corrected chi connectivity index (χ0v) is 14.0. The molecular formula is C18H22N2O4. The van der Waals surface area contributed by atoms with Crippen molar-refractivity contribution < 1.29 is 19.1 Å². The molecule has 1 aromatic rings. The Bertz CT molecular complexity index is 679. The largest absolute Gasteiger partial charge is 0.495 e. The molecule has 0 bridgehead atoms. The van der Waals surface area contributed by atoms with Crippen LogP contribution in [0.4, 0.5) is 5.69 Å². The molecule has 1 heterocycles. The number of methoxy groups -OCH3 is 1. The van der Waals surface area contributed by atoms with E-state index in [2.05, 4.69) is 5.32 Å². The summed E-state index contributed by atoms with van der Waals surface area (Å²) in [6.07, 6.45) is 3.66. The van der Waals surface area contributed by atoms with Crippen molar-refractivity contribution in [2.45, 2.75) is 45.1 Å². The molecule has 3 amide bonds. The van der Waals surface area contributed by atoms with Gasteiger partial charge in [-0.3, -0.25) is 19.3 Å². The Labute approximate surface area is 141 Å². The summed E-state index contributed by atoms with van der Waals surface area (Å²) >= 11 is 0. The van der Waals surface area contributed by atoms with Crippen molar-refractivity contribution in [2.75, 3.05) is 12.4 Å². The number of carbonyl (C=O) groups excluding carboxylic acids is 3. The molecule has 1 aliphatic carbocycles. The second-order valence-electron chi connectivity index (χ2n) is 6.60. The van der Waals surface area contributed by atoms with Gasteiger partial charge in [0.2, 0.25) is 17.7 Å². The molecule has 2 fully saturated rings. The van der Waals surface area contributed by atoms with Crippen LogP contribution in [0.2, 0.25) is 0 Å². The molecule has 1 N–H and O–H groups in total. The SMILES string of the molecule is COc1ccccc1NC(=O)[C@H](C)N1C(=O)CC2(CCCC2)C1=O. The number of nitrogens with zero attached hydrogens (tertiary/aromatic N) is 1. The Kier molecular flexibility index (Phi) is 4.30. The van der Waals surface area contributed by atoms with Crippen molar-refractivity contribution in [2.24, 2.45) is 5.41 Å². The first kappa shape index (κ1) is 16.5. The van der Waals surface area contributed by atoms with E-state index in [0.717, 1.165) is 30.6 Å². The zero-order valence-electron chi connectivity index (χ0n) is 14.0. The van der Waals surface area contributed by atoms with E-state index in [9.17, 15) is 14.4 Å². The fraction of sp³-hybridized carbons (Fsp3) is 0.500. The predicted octanol–water partition coefficient (Wildman–Crippen LogP) is 2.34. The number of hydrogen-bond acceptors (Lipinski definition) is 4. The summed E-state index contributed by atoms with van der Waals surface area (Å²) in [5, 5.41) is 2.75. The molecule has 1 saturated carbocycles. The minimum Gasteiger partial charge on any atom is -0.495 e. The van der Waals surface area contributed by atoms with Gasteiger partial charge in [-0.15, -0.1) is 0 Å². The fourth-order valence-electron chi connectivity index (χ4n) is 3.76. The van der Waals surface area contributed by atoms with E-state index in [4.69, 9.17) is 4.74 Å². The van der Waals surface area contributed by atoms with Crippen LogP contribution in [0.3, 0.4) is 0 Å². The summed E-state index contributed by atoms with van der Waals surface area (Å²) in [5.41, 5.74) is -0.0395. The number of ether oxygens (including phenoxy) is 1. The molecule has 1 atom stereocenters. The molecule has 0 aromatic heterocycles. The number of rotatable bonds is 4. The Hall–Kier alpha value is -2.37. The third-order valence-corrected chi connectivity index (χ3v) is 5.12. The smallest absolute Gasteiger partial charge is 0.247 e. The maximum atomic E-state index is 12.8. The topological polar surface area (TPSA) is 75.7 Å². The highest BCUT2D eigenvalue weighted by Crippen LogP contribution is 2.47. The van der Waals surface area contributed by atoms with Crippen molar-refractivity contribution in [3.05, 3.63) is 24.3 Å². The maximum Gasteiger partial charge on any atom is 0.247 e. The number of imide groups is 1. The van der Waals surface area contributed by atoms with Crippen LogP contribution in [0.5, 0.6) is 5.75 Å². The quantitative estimate of drug-likeness (QED) is 0.860. The van der Waals surface area contributed by atoms with Gasteiger partial charge in [0, 0.05) is 6.42 Å². The molecular weight excluding hydrogens is 308 g/mol. The highest BCUT2D eigenvalue weighted by molar-refractivity contribution is 6.10. The molecule has 0 unspecified atom stereocenters. The molecule has 1 spiro atoms. The van der Waals surface area contributed by atoms with Gasteiger partial charge in [-0.25, -0.2) is 0 Å². The number of carbonyl (C=O) groups is 3. The number of benzene rings is 1. The van der Waals surface area contributed by atoms with Gasteiger partial charge in [0.25, 0.3) is 0 Å². The number of nitrogens with one attached hydrogen (secondary N) is 1. The Morgan fingerprint density at radius 1 is 1.25 bits per heavy atom. The molecule has 1 aromatic carbocycles. The van der Waals surface area contributed by atoms with Gasteiger partial charge < -0.3 is 10.1 Å². The Morgan fingerprint density at radius 2 is 1.92 bits per heavy atom. The molecule has 6 nitrogen and oxygen atoms in total. The average Bonchev–Trinajstić information content (AvgIpc) is 3.13. The van der Waals surface area contributed by atoms with Crippen LogP contribution < -0.4 is 10.1 Å². The van der Waals surface area contributed by atoms with Crippen molar-refractivity contribution in [1.29, 1.82) is 0 Å². The first-order valence-corrected chi connectivity index (χ1v) is 8.29. The molecule has 2 aliphatic rings. The lowest BCUT2D eigenvalue weighted by atomic mass is 9.84. The van der Waals surface area contributed by atoms with Gasteiger partial charge in [-0.2, -0.15) is 0 Å². The third kappa shape index (κ3) is 2.66. The maximum absolute atomic E-state index is 12.8. The van der Waals surface area contributed by atoms with Crippen LogP contribution in [0, 0.1) is 5.41 Å². The van der Waals surface area contributed by atoms with Crippen LogP contribution >= 0.6 is 0 Å². The van der Waals surface area contributed by atoms with E-state index in [1.54, 1.807) is 31.2 Å². The van der Waals surface area contributed by atoms with Gasteiger partial charge in [-0.1, -0.05) is 25.0 Å². The van der Waals surface area contributed by atoms with E-state index >= 15 is 0 Å². The standard InChI is InChI=1S/C18H22N2O4/c1-12(16(22)19-13-7-3-4-8-14(13)24-2)20-15(21)11-18(17(20)23)9-5-6-10-18/h3-4,7-8,12H,5-6,9-11H2,1-2H3,(H,19,22)/t12-/m0/s1. The summed E-state index contributed by atoms with van der Waals surface area (Å²) < 4.78 is 5.21. The predicted molar refractivity (Wildman–Crippen MR) is 88.5 cm³/mol. The first-order chi connectivity index (χ1) is 11.5. The van der Waals surface area contributed by atoms with Crippen molar-refractivity contribution in [3.8, 4) is 5.75 Å². The number of hydrogen-bond donors (Lipinski definition) is 1. The number of para-hydroxylation sites is 2. The van der Waals surface area contributed by atoms with Crippen LogP contribution in [0.25, 0.3) is 0 Å². The average molecular weight is 330 g/mol. The third-order valence-electron chi connectivity index (χ3n) is 5.12. The van der Waals surface area contributed by atoms with E-state index in [1.807, 2.05) is 0 Å². The second kappa shape index (κ2) is 6.26. The summed E-state index contributed by atoms with van der Waals surface area (Å²) in [6.45, 7) is 1.59. The minimum absolute atomic E-state index is 0.187. The van der Waals surface area contributed by atoms with Crippen molar-refractivity contribution in [1.82, 2.24) is 4.90 Å². The highest BCUT2D eigenvalue weighted by atomic mass is 16.5. The van der Waals surface area contributed by atoms with Crippen molar-refractivity contribution >= 4 is 23.4 Å². The zero-order chi connectivity index (χ0) is 17.3. The van der Waals surface area contributed by atoms with Gasteiger partial charge in [-0.05, 0) is 31.9 Å². The van der Waals surface area contributed by atoms with Gasteiger partial charge in [0.1, 0.15) is 11.8 Å². The molecule has 24 heavy (non-hydrogen) atoms. The van der Waals surface area contributed by atoms with Gasteiger partial charge in [0.05, 0.1) is 18.2 Å². The van der Waals surface area contributed by atoms with Gasteiger partial charge >= 0.3 is 0 Å². The summed E-state index contributed by atoms with van der Waals surface area (Å²) in [4.78, 5) is 38.8. The van der Waals surface area contributed by atoms with E-state index < -0.39 is 17.4 Å². The molecule has 1 aliphatic heterocycles. The van der Waals surface area contributed by atoms with Crippen LogP contribution in [-0.4, -0.2) is 35.8 Å². The normalized spacial score (nSPS) is 20.5. The summed E-state index contributed by atoms with van der Waals surface area (Å²) in [7, 11) is 1.52. The van der Waals surface area contributed by atoms with Gasteiger partial charge in [0.15, 0.2) is 0 Å². The first-order valence-electron chi connectivity index (χ1n) is 8.29. The van der Waals surface area contributed by atoms with Crippen LogP contribution in [0.15, 0.2) is 24.3 Å². The summed E-state index contributed by atoms with van der Waals surface area (Å²) in [6, 6.07) is 6.20. The van der Waals surface area contributed by atoms with E-state index in [0.29, 0.717) is 11.4 Å². The van der Waals surface area contributed by atoms with Crippen LogP contribution in [-0.2, 0) is 14.4 Å². The second-order valence-corrected chi connectivity index (χ2v) is 6.60.